The van der Waals surface area contributed by atoms with Gasteiger partial charge in [-0.25, -0.2) is 0 Å². The van der Waals surface area contributed by atoms with Crippen molar-refractivity contribution in [1.82, 2.24) is 4.57 Å². The smallest absolute Gasteiger partial charge is 0.152 e. The number of hydrogen-bond donors (Lipinski definition) is 2. The standard InChI is InChI=1S/C21H21NO3/c1-2-3-4-14-9-13-10-15(24)5-7-17(13)21-19(12-23)18-8-6-16(25)11-20(18)22(14)21/h5-8,10-12,14,24-25H,2-4,9H2,1H3/t14-/m1/s1. The monoisotopic (exact) mass is 335 g/mol. The van der Waals surface area contributed by atoms with Crippen molar-refractivity contribution >= 4 is 17.2 Å². The van der Waals surface area contributed by atoms with Crippen molar-refractivity contribution in [3.63, 3.8) is 0 Å². The van der Waals surface area contributed by atoms with Crippen LogP contribution in [-0.4, -0.2) is 21.1 Å². The van der Waals surface area contributed by atoms with E-state index in [1.54, 1.807) is 18.2 Å². The first-order chi connectivity index (χ1) is 12.1. The van der Waals surface area contributed by atoms with Crippen LogP contribution in [0.3, 0.4) is 0 Å². The van der Waals surface area contributed by atoms with E-state index >= 15 is 0 Å². The minimum atomic E-state index is 0.205. The van der Waals surface area contributed by atoms with Crippen molar-refractivity contribution in [2.24, 2.45) is 0 Å². The van der Waals surface area contributed by atoms with Gasteiger partial charge in [-0.15, -0.1) is 0 Å². The third-order valence-corrected chi connectivity index (χ3v) is 5.20. The Hall–Kier alpha value is -2.75. The molecule has 1 aliphatic heterocycles. The lowest BCUT2D eigenvalue weighted by Crippen LogP contribution is -2.19. The predicted octanol–water partition coefficient (Wildman–Crippen LogP) is 4.82. The maximum absolute atomic E-state index is 11.9. The molecule has 2 aromatic carbocycles. The third kappa shape index (κ3) is 2.40. The molecule has 0 aliphatic carbocycles. The highest BCUT2D eigenvalue weighted by molar-refractivity contribution is 6.06. The molecule has 3 aromatic rings. The lowest BCUT2D eigenvalue weighted by Gasteiger charge is -2.29. The molecule has 1 aliphatic rings. The van der Waals surface area contributed by atoms with Gasteiger partial charge < -0.3 is 14.8 Å². The van der Waals surface area contributed by atoms with Gasteiger partial charge in [0, 0.05) is 28.6 Å². The number of fused-ring (bicyclic) bond motifs is 5. The van der Waals surface area contributed by atoms with E-state index < -0.39 is 0 Å². The fourth-order valence-corrected chi connectivity index (χ4v) is 4.09. The Balaban J connectivity index is 2.06. The zero-order chi connectivity index (χ0) is 17.6. The zero-order valence-electron chi connectivity index (χ0n) is 14.2. The van der Waals surface area contributed by atoms with E-state index in [2.05, 4.69) is 11.5 Å². The molecule has 4 rings (SSSR count). The van der Waals surface area contributed by atoms with Gasteiger partial charge in [-0.2, -0.15) is 0 Å². The number of phenols is 2. The largest absolute Gasteiger partial charge is 0.508 e. The number of carbonyl (C=O) groups excluding carboxylic acids is 1. The topological polar surface area (TPSA) is 62.5 Å². The summed E-state index contributed by atoms with van der Waals surface area (Å²) in [6.07, 6.45) is 4.91. The van der Waals surface area contributed by atoms with Crippen molar-refractivity contribution in [2.45, 2.75) is 38.6 Å². The van der Waals surface area contributed by atoms with Crippen molar-refractivity contribution in [3.8, 4) is 22.8 Å². The fraction of sp³-hybridized carbons (Fsp3) is 0.286. The van der Waals surface area contributed by atoms with Crippen molar-refractivity contribution in [2.75, 3.05) is 0 Å². The van der Waals surface area contributed by atoms with Crippen molar-refractivity contribution in [3.05, 3.63) is 47.5 Å². The van der Waals surface area contributed by atoms with Crippen molar-refractivity contribution < 1.29 is 15.0 Å². The molecule has 2 N–H and O–H groups in total. The van der Waals surface area contributed by atoms with E-state index in [1.165, 1.54) is 0 Å². The number of carbonyl (C=O) groups is 1. The van der Waals surface area contributed by atoms with E-state index in [1.807, 2.05) is 18.2 Å². The summed E-state index contributed by atoms with van der Waals surface area (Å²) in [5.41, 5.74) is 4.52. The predicted molar refractivity (Wildman–Crippen MR) is 98.4 cm³/mol. The van der Waals surface area contributed by atoms with Crippen LogP contribution in [0, 0.1) is 0 Å². The van der Waals surface area contributed by atoms with Gasteiger partial charge in [0.15, 0.2) is 6.29 Å². The van der Waals surface area contributed by atoms with E-state index in [0.717, 1.165) is 59.7 Å². The molecule has 0 radical (unpaired) electrons. The third-order valence-electron chi connectivity index (χ3n) is 5.20. The summed E-state index contributed by atoms with van der Waals surface area (Å²) in [7, 11) is 0. The Morgan fingerprint density at radius 2 is 1.92 bits per heavy atom. The Bertz CT molecular complexity index is 971. The van der Waals surface area contributed by atoms with Gasteiger partial charge in [-0.05, 0) is 48.7 Å². The first-order valence-corrected chi connectivity index (χ1v) is 8.78. The molecule has 2 heterocycles. The van der Waals surface area contributed by atoms with Gasteiger partial charge in [-0.3, -0.25) is 4.79 Å². The van der Waals surface area contributed by atoms with E-state index in [9.17, 15) is 15.0 Å². The lowest BCUT2D eigenvalue weighted by molar-refractivity contribution is 0.112. The van der Waals surface area contributed by atoms with Gasteiger partial charge in [0.25, 0.3) is 0 Å². The lowest BCUT2D eigenvalue weighted by atomic mass is 9.90. The second kappa shape index (κ2) is 5.96. The van der Waals surface area contributed by atoms with Crippen LogP contribution >= 0.6 is 0 Å². The number of unbranched alkanes of at least 4 members (excludes halogenated alkanes) is 1. The second-order valence-electron chi connectivity index (χ2n) is 6.79. The summed E-state index contributed by atoms with van der Waals surface area (Å²) in [5, 5.41) is 20.7. The zero-order valence-corrected chi connectivity index (χ0v) is 14.2. The molecular weight excluding hydrogens is 314 g/mol. The minimum absolute atomic E-state index is 0.205. The van der Waals surface area contributed by atoms with Crippen LogP contribution in [0.5, 0.6) is 11.5 Å². The van der Waals surface area contributed by atoms with Crippen molar-refractivity contribution in [1.29, 1.82) is 0 Å². The maximum atomic E-state index is 11.9. The average Bonchev–Trinajstić information content (AvgIpc) is 2.93. The molecule has 1 atom stereocenters. The average molecular weight is 335 g/mol. The van der Waals surface area contributed by atoms with Crippen LogP contribution in [0.15, 0.2) is 36.4 Å². The highest BCUT2D eigenvalue weighted by Crippen LogP contribution is 2.44. The second-order valence-corrected chi connectivity index (χ2v) is 6.79. The molecule has 4 nitrogen and oxygen atoms in total. The van der Waals surface area contributed by atoms with Crippen LogP contribution in [0.1, 0.15) is 48.1 Å². The molecule has 0 fully saturated rings. The number of phenolic OH excluding ortho intramolecular Hbond substituents is 2. The highest BCUT2D eigenvalue weighted by Gasteiger charge is 2.29. The highest BCUT2D eigenvalue weighted by atomic mass is 16.3. The van der Waals surface area contributed by atoms with Gasteiger partial charge in [0.05, 0.1) is 11.2 Å². The van der Waals surface area contributed by atoms with Crippen LogP contribution < -0.4 is 0 Å². The van der Waals surface area contributed by atoms with Gasteiger partial charge >= 0.3 is 0 Å². The number of aldehydes is 1. The first kappa shape index (κ1) is 15.8. The molecule has 4 heteroatoms. The Morgan fingerprint density at radius 1 is 1.16 bits per heavy atom. The van der Waals surface area contributed by atoms with Gasteiger partial charge in [0.2, 0.25) is 0 Å². The maximum Gasteiger partial charge on any atom is 0.152 e. The summed E-state index contributed by atoms with van der Waals surface area (Å²) in [5.74, 6) is 0.457. The fourth-order valence-electron chi connectivity index (χ4n) is 4.09. The van der Waals surface area contributed by atoms with Crippen LogP contribution in [-0.2, 0) is 6.42 Å². The molecule has 128 valence electrons. The number of aromatic nitrogens is 1. The number of aromatic hydroxyl groups is 2. The Labute approximate surface area is 146 Å². The van der Waals surface area contributed by atoms with Gasteiger partial charge in [-0.1, -0.05) is 19.8 Å². The SMILES string of the molecule is CCCC[C@@H]1Cc2cc(O)ccc2-c2c(C=O)c3ccc(O)cc3n21. The van der Waals surface area contributed by atoms with E-state index in [-0.39, 0.29) is 17.5 Å². The number of hydrogen-bond acceptors (Lipinski definition) is 3. The van der Waals surface area contributed by atoms with E-state index in [0.29, 0.717) is 5.56 Å². The molecular formula is C21H21NO3. The van der Waals surface area contributed by atoms with E-state index in [4.69, 9.17) is 0 Å². The minimum Gasteiger partial charge on any atom is -0.508 e. The first-order valence-electron chi connectivity index (χ1n) is 8.78. The molecule has 0 bridgehead atoms. The molecule has 0 saturated heterocycles. The Morgan fingerprint density at radius 3 is 2.68 bits per heavy atom. The quantitative estimate of drug-likeness (QED) is 0.672. The summed E-state index contributed by atoms with van der Waals surface area (Å²) < 4.78 is 2.22. The normalized spacial score (nSPS) is 15.8. The summed E-state index contributed by atoms with van der Waals surface area (Å²) in [6.45, 7) is 2.17. The molecule has 0 saturated carbocycles. The number of benzene rings is 2. The van der Waals surface area contributed by atoms with Crippen LogP contribution in [0.4, 0.5) is 0 Å². The molecule has 0 spiro atoms. The van der Waals surface area contributed by atoms with Gasteiger partial charge in [0.1, 0.15) is 11.5 Å². The number of rotatable bonds is 4. The van der Waals surface area contributed by atoms with Crippen LogP contribution in [0.25, 0.3) is 22.2 Å². The molecule has 0 unspecified atom stereocenters. The summed E-state index contributed by atoms with van der Waals surface area (Å²) >= 11 is 0. The Kier molecular flexibility index (Phi) is 3.75. The molecule has 0 amide bonds. The number of nitrogens with zero attached hydrogens (tertiary/aromatic N) is 1. The summed E-state index contributed by atoms with van der Waals surface area (Å²) in [6, 6.07) is 10.8. The van der Waals surface area contributed by atoms with Crippen LogP contribution in [0.2, 0.25) is 0 Å². The molecule has 1 aromatic heterocycles. The molecule has 25 heavy (non-hydrogen) atoms. The summed E-state index contributed by atoms with van der Waals surface area (Å²) in [4.78, 5) is 11.9.